The van der Waals surface area contributed by atoms with E-state index in [9.17, 15) is 27.2 Å². The van der Waals surface area contributed by atoms with Crippen LogP contribution in [0.4, 0.5) is 4.39 Å². The van der Waals surface area contributed by atoms with Gasteiger partial charge in [-0.05, 0) is 49.7 Å². The van der Waals surface area contributed by atoms with Crippen LogP contribution >= 0.6 is 0 Å². The van der Waals surface area contributed by atoms with Crippen molar-refractivity contribution in [1.82, 2.24) is 15.1 Å². The van der Waals surface area contributed by atoms with Crippen molar-refractivity contribution in [2.24, 2.45) is 0 Å². The molecular formula is C24H28FN3O5S. The van der Waals surface area contributed by atoms with Gasteiger partial charge in [0.2, 0.25) is 21.1 Å². The highest BCUT2D eigenvalue weighted by atomic mass is 32.2. The van der Waals surface area contributed by atoms with Crippen molar-refractivity contribution >= 4 is 27.6 Å². The van der Waals surface area contributed by atoms with Crippen LogP contribution in [0.5, 0.6) is 0 Å². The Kier molecular flexibility index (Phi) is 8.03. The zero-order chi connectivity index (χ0) is 24.9. The third-order valence-corrected chi connectivity index (χ3v) is 7.50. The van der Waals surface area contributed by atoms with Crippen LogP contribution in [0.15, 0.2) is 53.4 Å². The Morgan fingerprint density at radius 2 is 1.62 bits per heavy atom. The van der Waals surface area contributed by atoms with E-state index in [4.69, 9.17) is 0 Å². The number of halogens is 1. The van der Waals surface area contributed by atoms with Crippen LogP contribution in [0.1, 0.15) is 35.7 Å². The van der Waals surface area contributed by atoms with E-state index >= 15 is 0 Å². The molecule has 3 amide bonds. The summed E-state index contributed by atoms with van der Waals surface area (Å²) in [4.78, 5) is 41.1. The minimum absolute atomic E-state index is 0.0159. The number of carbonyl (C=O) groups excluding carboxylic acids is 3. The van der Waals surface area contributed by atoms with Crippen LogP contribution in [0, 0.1) is 12.7 Å². The lowest BCUT2D eigenvalue weighted by atomic mass is 10.1. The van der Waals surface area contributed by atoms with Gasteiger partial charge < -0.3 is 15.1 Å². The smallest absolute Gasteiger partial charge is 0.261 e. The van der Waals surface area contributed by atoms with E-state index < -0.39 is 32.8 Å². The maximum absolute atomic E-state index is 13.4. The molecule has 182 valence electrons. The Labute approximate surface area is 198 Å². The Hall–Kier alpha value is -3.27. The van der Waals surface area contributed by atoms with Crippen molar-refractivity contribution in [2.45, 2.75) is 37.0 Å². The van der Waals surface area contributed by atoms with Gasteiger partial charge in [-0.1, -0.05) is 24.6 Å². The molecule has 0 aliphatic carbocycles. The second-order valence-corrected chi connectivity index (χ2v) is 10.2. The molecule has 0 unspecified atom stereocenters. The van der Waals surface area contributed by atoms with Crippen molar-refractivity contribution in [3.63, 3.8) is 0 Å². The van der Waals surface area contributed by atoms with Gasteiger partial charge in [0, 0.05) is 38.2 Å². The van der Waals surface area contributed by atoms with Crippen molar-refractivity contribution in [3.8, 4) is 0 Å². The predicted molar refractivity (Wildman–Crippen MR) is 124 cm³/mol. The number of hydrogen-bond acceptors (Lipinski definition) is 5. The van der Waals surface area contributed by atoms with Gasteiger partial charge in [-0.15, -0.1) is 0 Å². The van der Waals surface area contributed by atoms with Crippen LogP contribution in [-0.4, -0.2) is 67.5 Å². The fourth-order valence-electron chi connectivity index (χ4n) is 3.74. The first-order valence-electron chi connectivity index (χ1n) is 11.1. The summed E-state index contributed by atoms with van der Waals surface area (Å²) < 4.78 is 40.1. The summed E-state index contributed by atoms with van der Waals surface area (Å²) in [5.74, 6) is -2.16. The van der Waals surface area contributed by atoms with Crippen molar-refractivity contribution in [1.29, 1.82) is 0 Å². The van der Waals surface area contributed by atoms with Crippen LogP contribution < -0.4 is 5.32 Å². The lowest BCUT2D eigenvalue weighted by Gasteiger charge is -2.36. The lowest BCUT2D eigenvalue weighted by molar-refractivity contribution is -0.139. The van der Waals surface area contributed by atoms with E-state index in [1.165, 1.54) is 11.0 Å². The van der Waals surface area contributed by atoms with E-state index in [-0.39, 0.29) is 42.5 Å². The van der Waals surface area contributed by atoms with E-state index in [2.05, 4.69) is 5.32 Å². The van der Waals surface area contributed by atoms with Crippen molar-refractivity contribution in [3.05, 3.63) is 65.5 Å². The van der Waals surface area contributed by atoms with Gasteiger partial charge in [-0.3, -0.25) is 14.4 Å². The van der Waals surface area contributed by atoms with E-state index in [1.807, 2.05) is 6.92 Å². The predicted octanol–water partition coefficient (Wildman–Crippen LogP) is 2.13. The first-order valence-corrected chi connectivity index (χ1v) is 12.6. The van der Waals surface area contributed by atoms with Gasteiger partial charge in [0.25, 0.3) is 11.8 Å². The highest BCUT2D eigenvalue weighted by molar-refractivity contribution is 7.92. The first-order chi connectivity index (χ1) is 16.1. The average Bonchev–Trinajstić information content (AvgIpc) is 2.82. The zero-order valence-electron chi connectivity index (χ0n) is 19.2. The molecule has 1 heterocycles. The Balaban J connectivity index is 1.87. The number of aryl methyl sites for hydroxylation is 1. The average molecular weight is 490 g/mol. The molecule has 1 aliphatic heterocycles. The molecule has 2 aromatic rings. The molecule has 0 aromatic heterocycles. The largest absolute Gasteiger partial charge is 0.339 e. The van der Waals surface area contributed by atoms with Crippen molar-refractivity contribution in [2.75, 3.05) is 26.2 Å². The topological polar surface area (TPSA) is 104 Å². The Bertz CT molecular complexity index is 1160. The second-order valence-electron chi connectivity index (χ2n) is 8.18. The molecule has 0 bridgehead atoms. The summed E-state index contributed by atoms with van der Waals surface area (Å²) >= 11 is 0. The second kappa shape index (κ2) is 10.8. The van der Waals surface area contributed by atoms with E-state index in [1.54, 1.807) is 30.0 Å². The molecule has 8 nitrogen and oxygen atoms in total. The molecule has 0 saturated carbocycles. The van der Waals surface area contributed by atoms with Gasteiger partial charge in [0.1, 0.15) is 5.82 Å². The summed E-state index contributed by atoms with van der Waals surface area (Å²) in [6.45, 7) is 4.53. The van der Waals surface area contributed by atoms with Gasteiger partial charge in [-0.2, -0.15) is 0 Å². The molecule has 0 radical (unpaired) electrons. The maximum atomic E-state index is 13.4. The summed E-state index contributed by atoms with van der Waals surface area (Å²) in [7, 11) is -4.39. The number of carbonyl (C=O) groups is 3. The SMILES string of the molecule is CCCC(=O)N1CCN(C(=O)[C@H](NC(=O)c2cccc(C)c2)S(=O)(=O)c2ccc(F)cc2)CC1. The maximum Gasteiger partial charge on any atom is 0.261 e. The van der Waals surface area contributed by atoms with Gasteiger partial charge >= 0.3 is 0 Å². The minimum atomic E-state index is -4.39. The number of rotatable bonds is 7. The van der Waals surface area contributed by atoms with E-state index in [0.29, 0.717) is 12.8 Å². The Morgan fingerprint density at radius 3 is 2.21 bits per heavy atom. The standard InChI is InChI=1S/C24H28FN3O5S/c1-3-5-21(29)27-12-14-28(15-13-27)24(31)23(26-22(30)18-7-4-6-17(2)16-18)34(32,33)20-10-8-19(25)9-11-20/h4,6-11,16,23H,3,5,12-15H2,1-2H3,(H,26,30)/t23-/m1/s1. The first kappa shape index (κ1) is 25.4. The van der Waals surface area contributed by atoms with Crippen molar-refractivity contribution < 1.29 is 27.2 Å². The zero-order valence-corrected chi connectivity index (χ0v) is 20.0. The highest BCUT2D eigenvalue weighted by Gasteiger charge is 2.39. The number of nitrogens with zero attached hydrogens (tertiary/aromatic N) is 2. The number of sulfone groups is 1. The van der Waals surface area contributed by atoms with Crippen LogP contribution in [-0.2, 0) is 19.4 Å². The fourth-order valence-corrected chi connectivity index (χ4v) is 5.20. The molecule has 10 heteroatoms. The molecule has 0 spiro atoms. The molecule has 1 aliphatic rings. The number of hydrogen-bond donors (Lipinski definition) is 1. The summed E-state index contributed by atoms with van der Waals surface area (Å²) in [6, 6.07) is 10.6. The number of piperazine rings is 1. The normalized spacial score (nSPS) is 15.0. The van der Waals surface area contributed by atoms with Crippen LogP contribution in [0.25, 0.3) is 0 Å². The number of amides is 3. The van der Waals surface area contributed by atoms with E-state index in [0.717, 1.165) is 29.8 Å². The molecule has 1 N–H and O–H groups in total. The van der Waals surface area contributed by atoms with Gasteiger partial charge in [0.05, 0.1) is 4.90 Å². The summed E-state index contributed by atoms with van der Waals surface area (Å²) in [5, 5.41) is 0.474. The molecule has 1 saturated heterocycles. The lowest BCUT2D eigenvalue weighted by Crippen LogP contribution is -2.57. The molecule has 34 heavy (non-hydrogen) atoms. The summed E-state index contributed by atoms with van der Waals surface area (Å²) in [5.41, 5.74) is 1.01. The third-order valence-electron chi connectivity index (χ3n) is 5.63. The highest BCUT2D eigenvalue weighted by Crippen LogP contribution is 2.19. The Morgan fingerprint density at radius 1 is 1.00 bits per heavy atom. The molecule has 3 rings (SSSR count). The monoisotopic (exact) mass is 489 g/mol. The summed E-state index contributed by atoms with van der Waals surface area (Å²) in [6.07, 6.45) is 1.11. The fraction of sp³-hybridized carbons (Fsp3) is 0.375. The van der Waals surface area contributed by atoms with Gasteiger partial charge in [0.15, 0.2) is 0 Å². The minimum Gasteiger partial charge on any atom is -0.339 e. The molecule has 1 fully saturated rings. The number of benzene rings is 2. The third kappa shape index (κ3) is 5.80. The molecule has 2 aromatic carbocycles. The van der Waals surface area contributed by atoms with Gasteiger partial charge in [-0.25, -0.2) is 12.8 Å². The van der Waals surface area contributed by atoms with Crippen LogP contribution in [0.2, 0.25) is 0 Å². The molecular weight excluding hydrogens is 461 g/mol. The molecule has 1 atom stereocenters. The number of nitrogens with one attached hydrogen (secondary N) is 1. The van der Waals surface area contributed by atoms with Crippen LogP contribution in [0.3, 0.4) is 0 Å². The quantitative estimate of drug-likeness (QED) is 0.600.